The van der Waals surface area contributed by atoms with Crippen molar-refractivity contribution in [2.45, 2.75) is 25.7 Å². The molecule has 1 aliphatic heterocycles. The van der Waals surface area contributed by atoms with Crippen LogP contribution in [0.3, 0.4) is 0 Å². The summed E-state index contributed by atoms with van der Waals surface area (Å²) in [6.07, 6.45) is 0.893. The summed E-state index contributed by atoms with van der Waals surface area (Å²) < 4.78 is 10.8. The number of aldehydes is 1. The average Bonchev–Trinajstić information content (AvgIpc) is 2.45. The number of hydrogen-bond acceptors (Lipinski definition) is 5. The summed E-state index contributed by atoms with van der Waals surface area (Å²) >= 11 is 0. The van der Waals surface area contributed by atoms with Crippen LogP contribution in [0.5, 0.6) is 17.2 Å². The molecule has 1 N–H and O–H groups in total. The third-order valence-corrected chi connectivity index (χ3v) is 3.89. The van der Waals surface area contributed by atoms with Crippen LogP contribution >= 0.6 is 0 Å². The predicted octanol–water partition coefficient (Wildman–Crippen LogP) is 2.71. The molecule has 5 heteroatoms. The lowest BCUT2D eigenvalue weighted by Crippen LogP contribution is -2.30. The van der Waals surface area contributed by atoms with Gasteiger partial charge in [0.05, 0.1) is 11.8 Å². The Morgan fingerprint density at radius 3 is 2.91 bits per heavy atom. The molecule has 0 fully saturated rings. The van der Waals surface area contributed by atoms with Crippen molar-refractivity contribution >= 4 is 23.0 Å². The topological polar surface area (TPSA) is 72.8 Å². The first-order chi connectivity index (χ1) is 10.4. The highest BCUT2D eigenvalue weighted by Gasteiger charge is 2.36. The molecule has 0 atom stereocenters. The summed E-state index contributed by atoms with van der Waals surface area (Å²) in [5.74, 6) is 0.569. The zero-order valence-corrected chi connectivity index (χ0v) is 12.4. The molecule has 2 aromatic rings. The molecule has 0 aliphatic carbocycles. The van der Waals surface area contributed by atoms with Gasteiger partial charge in [0.15, 0.2) is 6.29 Å². The molecule has 0 saturated heterocycles. The van der Waals surface area contributed by atoms with E-state index in [-0.39, 0.29) is 24.7 Å². The second kappa shape index (κ2) is 5.02. The SMILES string of the molecule is CC1(C)CC(=O)Oc2c1cc(O)c1c(OCC=O)cccc21. The summed E-state index contributed by atoms with van der Waals surface area (Å²) in [6.45, 7) is 3.76. The molecule has 0 saturated carbocycles. The van der Waals surface area contributed by atoms with E-state index in [0.717, 1.165) is 5.56 Å². The Balaban J connectivity index is 2.30. The molecule has 114 valence electrons. The number of benzene rings is 2. The first kappa shape index (κ1) is 14.4. The van der Waals surface area contributed by atoms with Crippen LogP contribution in [-0.2, 0) is 15.0 Å². The van der Waals surface area contributed by atoms with Crippen LogP contribution in [0, 0.1) is 0 Å². The largest absolute Gasteiger partial charge is 0.507 e. The molecule has 0 aromatic heterocycles. The zero-order chi connectivity index (χ0) is 15.9. The van der Waals surface area contributed by atoms with Gasteiger partial charge in [-0.05, 0) is 12.1 Å². The zero-order valence-electron chi connectivity index (χ0n) is 12.4. The Labute approximate surface area is 127 Å². The van der Waals surface area contributed by atoms with Crippen LogP contribution in [-0.4, -0.2) is 24.0 Å². The summed E-state index contributed by atoms with van der Waals surface area (Å²) in [5.41, 5.74) is 0.361. The number of phenols is 1. The van der Waals surface area contributed by atoms with Crippen molar-refractivity contribution in [3.8, 4) is 17.2 Å². The highest BCUT2D eigenvalue weighted by atomic mass is 16.5. The number of ether oxygens (including phenoxy) is 2. The number of aromatic hydroxyl groups is 1. The van der Waals surface area contributed by atoms with Crippen molar-refractivity contribution in [3.63, 3.8) is 0 Å². The third kappa shape index (κ3) is 2.19. The minimum atomic E-state index is -0.421. The predicted molar refractivity (Wildman–Crippen MR) is 80.4 cm³/mol. The molecule has 0 radical (unpaired) electrons. The molecule has 0 unspecified atom stereocenters. The van der Waals surface area contributed by atoms with E-state index in [2.05, 4.69) is 0 Å². The van der Waals surface area contributed by atoms with Crippen molar-refractivity contribution in [2.75, 3.05) is 6.61 Å². The average molecular weight is 300 g/mol. The second-order valence-corrected chi connectivity index (χ2v) is 5.96. The van der Waals surface area contributed by atoms with Gasteiger partial charge in [-0.3, -0.25) is 9.59 Å². The number of carbonyl (C=O) groups excluding carboxylic acids is 2. The maximum Gasteiger partial charge on any atom is 0.312 e. The quantitative estimate of drug-likeness (QED) is 0.536. The Bertz CT molecular complexity index is 776. The molecule has 0 bridgehead atoms. The Morgan fingerprint density at radius 2 is 2.18 bits per heavy atom. The fraction of sp³-hybridized carbons (Fsp3) is 0.294. The third-order valence-electron chi connectivity index (χ3n) is 3.89. The van der Waals surface area contributed by atoms with Crippen LogP contribution in [0.1, 0.15) is 25.8 Å². The standard InChI is InChI=1S/C17H16O5/c1-17(2)9-14(20)22-16-10-4-3-5-13(21-7-6-18)15(10)12(19)8-11(16)17/h3-6,8,19H,7,9H2,1-2H3. The van der Waals surface area contributed by atoms with Gasteiger partial charge >= 0.3 is 5.97 Å². The van der Waals surface area contributed by atoms with Crippen LogP contribution in [0.25, 0.3) is 10.8 Å². The lowest BCUT2D eigenvalue weighted by atomic mass is 9.78. The van der Waals surface area contributed by atoms with Gasteiger partial charge in [-0.15, -0.1) is 0 Å². The summed E-state index contributed by atoms with van der Waals surface area (Å²) in [6, 6.07) is 6.76. The lowest BCUT2D eigenvalue weighted by Gasteiger charge is -2.32. The van der Waals surface area contributed by atoms with E-state index in [1.165, 1.54) is 0 Å². The lowest BCUT2D eigenvalue weighted by molar-refractivity contribution is -0.136. The highest BCUT2D eigenvalue weighted by Crippen LogP contribution is 2.48. The second-order valence-electron chi connectivity index (χ2n) is 5.96. The summed E-state index contributed by atoms with van der Waals surface area (Å²) in [4.78, 5) is 22.4. The smallest absolute Gasteiger partial charge is 0.312 e. The maximum atomic E-state index is 11.9. The van der Waals surface area contributed by atoms with Crippen LogP contribution < -0.4 is 9.47 Å². The summed E-state index contributed by atoms with van der Waals surface area (Å²) in [5, 5.41) is 11.4. The van der Waals surface area contributed by atoms with E-state index in [9.17, 15) is 14.7 Å². The molecule has 1 aliphatic rings. The van der Waals surface area contributed by atoms with Crippen molar-refractivity contribution < 1.29 is 24.2 Å². The van der Waals surface area contributed by atoms with E-state index in [1.54, 1.807) is 24.3 Å². The van der Waals surface area contributed by atoms with Crippen LogP contribution in [0.2, 0.25) is 0 Å². The fourth-order valence-electron chi connectivity index (χ4n) is 2.87. The first-order valence-electron chi connectivity index (χ1n) is 7.00. The van der Waals surface area contributed by atoms with Crippen molar-refractivity contribution in [2.24, 2.45) is 0 Å². The number of esters is 1. The monoisotopic (exact) mass is 300 g/mol. The molecule has 5 nitrogen and oxygen atoms in total. The van der Waals surface area contributed by atoms with E-state index in [4.69, 9.17) is 9.47 Å². The van der Waals surface area contributed by atoms with E-state index in [1.807, 2.05) is 13.8 Å². The van der Waals surface area contributed by atoms with Gasteiger partial charge in [-0.2, -0.15) is 0 Å². The van der Waals surface area contributed by atoms with Gasteiger partial charge in [-0.1, -0.05) is 26.0 Å². The van der Waals surface area contributed by atoms with Crippen molar-refractivity contribution in [1.29, 1.82) is 0 Å². The first-order valence-corrected chi connectivity index (χ1v) is 7.00. The number of fused-ring (bicyclic) bond motifs is 3. The van der Waals surface area contributed by atoms with Crippen molar-refractivity contribution in [3.05, 3.63) is 29.8 Å². The molecule has 0 spiro atoms. The molecule has 3 rings (SSSR count). The highest BCUT2D eigenvalue weighted by molar-refractivity contribution is 6.01. The van der Waals surface area contributed by atoms with Crippen LogP contribution in [0.15, 0.2) is 24.3 Å². The minimum Gasteiger partial charge on any atom is -0.507 e. The van der Waals surface area contributed by atoms with Gasteiger partial charge in [0, 0.05) is 16.4 Å². The Morgan fingerprint density at radius 1 is 1.41 bits per heavy atom. The van der Waals surface area contributed by atoms with Gasteiger partial charge in [0.2, 0.25) is 0 Å². The van der Waals surface area contributed by atoms with Gasteiger partial charge in [0.25, 0.3) is 0 Å². The molecular formula is C17H16O5. The molecule has 22 heavy (non-hydrogen) atoms. The maximum absolute atomic E-state index is 11.9. The number of rotatable bonds is 3. The Kier molecular flexibility index (Phi) is 3.28. The van der Waals surface area contributed by atoms with Crippen molar-refractivity contribution in [1.82, 2.24) is 0 Å². The number of phenolic OH excluding ortho intramolecular Hbond substituents is 1. The van der Waals surface area contributed by atoms with Gasteiger partial charge in [-0.25, -0.2) is 0 Å². The minimum absolute atomic E-state index is 0.0428. The van der Waals surface area contributed by atoms with Gasteiger partial charge in [0.1, 0.15) is 23.9 Å². The molecule has 0 amide bonds. The Hall–Kier alpha value is -2.56. The van der Waals surface area contributed by atoms with E-state index < -0.39 is 5.41 Å². The van der Waals surface area contributed by atoms with Crippen LogP contribution in [0.4, 0.5) is 0 Å². The molecule has 1 heterocycles. The number of hydrogen-bond donors (Lipinski definition) is 1. The van der Waals surface area contributed by atoms with E-state index >= 15 is 0 Å². The van der Waals surface area contributed by atoms with E-state index in [0.29, 0.717) is 28.6 Å². The normalized spacial score (nSPS) is 16.0. The number of carbonyl (C=O) groups is 2. The summed E-state index contributed by atoms with van der Waals surface area (Å²) in [7, 11) is 0. The molecule has 2 aromatic carbocycles. The molecular weight excluding hydrogens is 284 g/mol. The van der Waals surface area contributed by atoms with Gasteiger partial charge < -0.3 is 14.6 Å². The fourth-order valence-corrected chi connectivity index (χ4v) is 2.87.